The molecule has 0 bridgehead atoms. The van der Waals surface area contributed by atoms with Crippen molar-refractivity contribution in [1.29, 1.82) is 0 Å². The van der Waals surface area contributed by atoms with Gasteiger partial charge in [-0.1, -0.05) is 13.8 Å². The summed E-state index contributed by atoms with van der Waals surface area (Å²) in [6, 6.07) is 0. The maximum atomic E-state index is 12.1. The Kier molecular flexibility index (Phi) is 8.46. The van der Waals surface area contributed by atoms with Gasteiger partial charge in [0.1, 0.15) is 0 Å². The predicted molar refractivity (Wildman–Crippen MR) is 82.3 cm³/mol. The summed E-state index contributed by atoms with van der Waals surface area (Å²) < 4.78 is 0. The van der Waals surface area contributed by atoms with E-state index in [4.69, 9.17) is 5.73 Å². The summed E-state index contributed by atoms with van der Waals surface area (Å²) in [5.74, 6) is 0.0303. The average molecular weight is 285 g/mol. The van der Waals surface area contributed by atoms with E-state index in [9.17, 15) is 9.59 Å². The van der Waals surface area contributed by atoms with Crippen LogP contribution in [0.15, 0.2) is 0 Å². The standard InChI is InChI=1S/C15H31N3O2/c1-6-18(7-2)14(20)12-17(5)13(19)8-9-15(3,4)10-11-16/h6-12,16H2,1-5H3. The maximum Gasteiger partial charge on any atom is 0.242 e. The molecule has 0 rings (SSSR count). The number of carbonyl (C=O) groups excluding carboxylic acids is 2. The molecule has 2 N–H and O–H groups in total. The molecule has 0 aromatic rings. The van der Waals surface area contributed by atoms with E-state index in [0.717, 1.165) is 12.8 Å². The van der Waals surface area contributed by atoms with Gasteiger partial charge in [-0.05, 0) is 38.6 Å². The highest BCUT2D eigenvalue weighted by atomic mass is 16.2. The number of hydrogen-bond acceptors (Lipinski definition) is 3. The summed E-state index contributed by atoms with van der Waals surface area (Å²) in [6.45, 7) is 10.3. The van der Waals surface area contributed by atoms with Crippen LogP contribution in [0.3, 0.4) is 0 Å². The Morgan fingerprint density at radius 2 is 1.60 bits per heavy atom. The van der Waals surface area contributed by atoms with Gasteiger partial charge < -0.3 is 15.5 Å². The lowest BCUT2D eigenvalue weighted by molar-refractivity contribution is -0.139. The Hall–Kier alpha value is -1.10. The third-order valence-electron chi connectivity index (χ3n) is 3.75. The van der Waals surface area contributed by atoms with Crippen molar-refractivity contribution in [1.82, 2.24) is 9.80 Å². The first kappa shape index (κ1) is 18.9. The fourth-order valence-electron chi connectivity index (χ4n) is 2.12. The van der Waals surface area contributed by atoms with Crippen molar-refractivity contribution in [2.75, 3.05) is 33.2 Å². The van der Waals surface area contributed by atoms with Gasteiger partial charge in [-0.2, -0.15) is 0 Å². The predicted octanol–water partition coefficient (Wildman–Crippen LogP) is 1.47. The molecule has 0 saturated carbocycles. The number of amides is 2. The van der Waals surface area contributed by atoms with E-state index < -0.39 is 0 Å². The normalized spacial score (nSPS) is 11.3. The zero-order valence-corrected chi connectivity index (χ0v) is 13.7. The molecule has 0 aromatic carbocycles. The van der Waals surface area contributed by atoms with Gasteiger partial charge in [0.05, 0.1) is 6.54 Å². The molecule has 0 aliphatic heterocycles. The van der Waals surface area contributed by atoms with Gasteiger partial charge >= 0.3 is 0 Å². The fraction of sp³-hybridized carbons (Fsp3) is 0.867. The second-order valence-corrected chi connectivity index (χ2v) is 6.02. The van der Waals surface area contributed by atoms with E-state index in [1.807, 2.05) is 13.8 Å². The lowest BCUT2D eigenvalue weighted by atomic mass is 9.84. The van der Waals surface area contributed by atoms with E-state index in [2.05, 4.69) is 13.8 Å². The van der Waals surface area contributed by atoms with Crippen molar-refractivity contribution >= 4 is 11.8 Å². The monoisotopic (exact) mass is 285 g/mol. The molecule has 20 heavy (non-hydrogen) atoms. The van der Waals surface area contributed by atoms with E-state index in [1.165, 1.54) is 4.90 Å². The SMILES string of the molecule is CCN(CC)C(=O)CN(C)C(=O)CCC(C)(C)CCN. The van der Waals surface area contributed by atoms with Crippen LogP contribution in [0, 0.1) is 5.41 Å². The van der Waals surface area contributed by atoms with E-state index in [-0.39, 0.29) is 23.8 Å². The zero-order chi connectivity index (χ0) is 15.8. The minimum Gasteiger partial charge on any atom is -0.342 e. The van der Waals surface area contributed by atoms with Gasteiger partial charge in [-0.25, -0.2) is 0 Å². The minimum atomic E-state index is 0.00654. The molecular formula is C15H31N3O2. The molecule has 2 amide bonds. The van der Waals surface area contributed by atoms with Crippen molar-refractivity contribution in [3.05, 3.63) is 0 Å². The molecule has 0 aromatic heterocycles. The quantitative estimate of drug-likeness (QED) is 0.697. The second-order valence-electron chi connectivity index (χ2n) is 6.02. The highest BCUT2D eigenvalue weighted by Gasteiger charge is 2.21. The highest BCUT2D eigenvalue weighted by molar-refractivity contribution is 5.84. The second kappa shape index (κ2) is 8.95. The Morgan fingerprint density at radius 1 is 1.05 bits per heavy atom. The first-order valence-corrected chi connectivity index (χ1v) is 7.49. The van der Waals surface area contributed by atoms with Gasteiger partial charge in [0.2, 0.25) is 11.8 Å². The first-order valence-electron chi connectivity index (χ1n) is 7.49. The zero-order valence-electron chi connectivity index (χ0n) is 13.7. The number of nitrogens with zero attached hydrogens (tertiary/aromatic N) is 2. The van der Waals surface area contributed by atoms with Crippen LogP contribution in [0.4, 0.5) is 0 Å². The summed E-state index contributed by atoms with van der Waals surface area (Å²) in [7, 11) is 1.69. The highest BCUT2D eigenvalue weighted by Crippen LogP contribution is 2.26. The molecule has 0 atom stereocenters. The van der Waals surface area contributed by atoms with Crippen LogP contribution in [0.1, 0.15) is 47.0 Å². The molecule has 118 valence electrons. The van der Waals surface area contributed by atoms with Crippen molar-refractivity contribution < 1.29 is 9.59 Å². The molecule has 5 nitrogen and oxygen atoms in total. The smallest absolute Gasteiger partial charge is 0.242 e. The van der Waals surface area contributed by atoms with Crippen LogP contribution in [0.25, 0.3) is 0 Å². The summed E-state index contributed by atoms with van der Waals surface area (Å²) in [6.07, 6.45) is 2.17. The molecule has 0 unspecified atom stereocenters. The van der Waals surface area contributed by atoms with Gasteiger partial charge in [0.25, 0.3) is 0 Å². The van der Waals surface area contributed by atoms with Crippen molar-refractivity contribution in [3.63, 3.8) is 0 Å². The number of nitrogens with two attached hydrogens (primary N) is 1. The third-order valence-corrected chi connectivity index (χ3v) is 3.75. The van der Waals surface area contributed by atoms with Crippen LogP contribution in [0.2, 0.25) is 0 Å². The molecule has 5 heteroatoms. The van der Waals surface area contributed by atoms with E-state index in [0.29, 0.717) is 26.1 Å². The minimum absolute atomic E-state index is 0.00654. The van der Waals surface area contributed by atoms with Gasteiger partial charge in [0, 0.05) is 26.6 Å². The Morgan fingerprint density at radius 3 is 2.05 bits per heavy atom. The molecule has 0 saturated heterocycles. The summed E-state index contributed by atoms with van der Waals surface area (Å²) >= 11 is 0. The molecule has 0 heterocycles. The largest absolute Gasteiger partial charge is 0.342 e. The fourth-order valence-corrected chi connectivity index (χ4v) is 2.12. The molecule has 0 fully saturated rings. The average Bonchev–Trinajstić information content (AvgIpc) is 2.37. The van der Waals surface area contributed by atoms with E-state index in [1.54, 1.807) is 11.9 Å². The van der Waals surface area contributed by atoms with Crippen molar-refractivity contribution in [2.24, 2.45) is 11.1 Å². The molecule has 0 aliphatic carbocycles. The summed E-state index contributed by atoms with van der Waals surface area (Å²) in [4.78, 5) is 27.3. The number of carbonyl (C=O) groups is 2. The van der Waals surface area contributed by atoms with Crippen LogP contribution in [-0.2, 0) is 9.59 Å². The van der Waals surface area contributed by atoms with Crippen LogP contribution < -0.4 is 5.73 Å². The number of hydrogen-bond donors (Lipinski definition) is 1. The Balaban J connectivity index is 4.25. The number of rotatable bonds is 9. The lowest BCUT2D eigenvalue weighted by Crippen LogP contribution is -2.41. The van der Waals surface area contributed by atoms with Gasteiger partial charge in [0.15, 0.2) is 0 Å². The maximum absolute atomic E-state index is 12.1. The molecule has 0 aliphatic rings. The van der Waals surface area contributed by atoms with Crippen LogP contribution >= 0.6 is 0 Å². The van der Waals surface area contributed by atoms with Crippen LogP contribution in [-0.4, -0.2) is 54.8 Å². The Labute approximate surface area is 123 Å². The van der Waals surface area contributed by atoms with Crippen LogP contribution in [0.5, 0.6) is 0 Å². The van der Waals surface area contributed by atoms with Gasteiger partial charge in [-0.3, -0.25) is 9.59 Å². The van der Waals surface area contributed by atoms with E-state index >= 15 is 0 Å². The summed E-state index contributed by atoms with van der Waals surface area (Å²) in [5.41, 5.74) is 5.64. The molecular weight excluding hydrogens is 254 g/mol. The van der Waals surface area contributed by atoms with Crippen molar-refractivity contribution in [3.8, 4) is 0 Å². The molecule has 0 radical (unpaired) electrons. The Bertz CT molecular complexity index is 312. The first-order chi connectivity index (χ1) is 9.27. The van der Waals surface area contributed by atoms with Gasteiger partial charge in [-0.15, -0.1) is 0 Å². The topological polar surface area (TPSA) is 66.6 Å². The van der Waals surface area contributed by atoms with Crippen molar-refractivity contribution in [2.45, 2.75) is 47.0 Å². The lowest BCUT2D eigenvalue weighted by Gasteiger charge is -2.26. The third kappa shape index (κ3) is 6.89. The molecule has 0 spiro atoms. The number of likely N-dealkylation sites (N-methyl/N-ethyl adjacent to an activating group) is 2. The summed E-state index contributed by atoms with van der Waals surface area (Å²) in [5, 5.41) is 0.